The van der Waals surface area contributed by atoms with Crippen LogP contribution in [-0.4, -0.2) is 16.8 Å². The third kappa shape index (κ3) is 2.54. The number of thiophene rings is 1. The van der Waals surface area contributed by atoms with Gasteiger partial charge in [-0.15, -0.1) is 11.3 Å². The number of Topliss-reactive ketones (excluding diaryl/α,β-unsaturated/α-hetero) is 1. The average molecular weight is 406 g/mol. The highest BCUT2D eigenvalue weighted by atomic mass is 35.5. The summed E-state index contributed by atoms with van der Waals surface area (Å²) in [5.74, 6) is -3.23. The van der Waals surface area contributed by atoms with Gasteiger partial charge in [0.2, 0.25) is 5.78 Å². The Bertz CT molecular complexity index is 1100. The number of rotatable bonds is 2. The second-order valence-electron chi connectivity index (χ2n) is 5.92. The summed E-state index contributed by atoms with van der Waals surface area (Å²) in [6.45, 7) is 0. The molecule has 0 fully saturated rings. The van der Waals surface area contributed by atoms with Crippen LogP contribution in [0.3, 0.4) is 0 Å². The summed E-state index contributed by atoms with van der Waals surface area (Å²) in [6, 6.07) is 10.4. The van der Waals surface area contributed by atoms with E-state index in [1.165, 1.54) is 24.3 Å². The number of amides is 1. The molecule has 1 unspecified atom stereocenters. The van der Waals surface area contributed by atoms with Crippen LogP contribution in [0.1, 0.15) is 15.9 Å². The Morgan fingerprint density at radius 2 is 1.78 bits per heavy atom. The monoisotopic (exact) mass is 405 g/mol. The molecule has 0 radical (unpaired) electrons. The van der Waals surface area contributed by atoms with E-state index >= 15 is 4.39 Å². The molecule has 0 aliphatic carbocycles. The first kappa shape index (κ1) is 17.6. The smallest absolute Gasteiger partial charge is 0.275 e. The van der Waals surface area contributed by atoms with E-state index in [9.17, 15) is 19.1 Å². The predicted octanol–water partition coefficient (Wildman–Crippen LogP) is 4.91. The van der Waals surface area contributed by atoms with Crippen molar-refractivity contribution in [3.8, 4) is 16.9 Å². The molecule has 4 nitrogen and oxygen atoms in total. The molecule has 0 saturated heterocycles. The molecule has 0 spiro atoms. The number of aromatic hydroxyl groups is 1. The van der Waals surface area contributed by atoms with Crippen molar-refractivity contribution in [2.75, 3.05) is 5.32 Å². The lowest BCUT2D eigenvalue weighted by atomic mass is 9.83. The minimum absolute atomic E-state index is 0.0170. The molecule has 27 heavy (non-hydrogen) atoms. The highest BCUT2D eigenvalue weighted by Gasteiger charge is 2.54. The maximum Gasteiger partial charge on any atom is 0.275 e. The number of ketones is 1. The zero-order chi connectivity index (χ0) is 19.3. The summed E-state index contributed by atoms with van der Waals surface area (Å²) >= 11 is 7.05. The van der Waals surface area contributed by atoms with Gasteiger partial charge in [-0.2, -0.15) is 0 Å². The molecule has 0 bridgehead atoms. The van der Waals surface area contributed by atoms with Crippen molar-refractivity contribution in [2.24, 2.45) is 0 Å². The van der Waals surface area contributed by atoms with Crippen LogP contribution < -0.4 is 5.32 Å². The van der Waals surface area contributed by atoms with Crippen molar-refractivity contribution >= 4 is 39.6 Å². The third-order valence-electron chi connectivity index (χ3n) is 4.34. The maximum atomic E-state index is 15.7. The predicted molar refractivity (Wildman–Crippen MR) is 98.6 cm³/mol. The normalized spacial score (nSPS) is 18.9. The highest BCUT2D eigenvalue weighted by molar-refractivity contribution is 7.21. The Morgan fingerprint density at radius 3 is 2.48 bits per heavy atom. The average Bonchev–Trinajstić information content (AvgIpc) is 2.98. The fourth-order valence-corrected chi connectivity index (χ4v) is 4.41. The highest BCUT2D eigenvalue weighted by Crippen LogP contribution is 2.51. The molecule has 1 atom stereocenters. The maximum absolute atomic E-state index is 15.7. The van der Waals surface area contributed by atoms with E-state index in [1.807, 2.05) is 0 Å². The minimum atomic E-state index is -2.96. The topological polar surface area (TPSA) is 66.4 Å². The van der Waals surface area contributed by atoms with Crippen LogP contribution in [0, 0.1) is 5.82 Å². The number of carbonyl (C=O) groups excluding carboxylic acids is 2. The van der Waals surface area contributed by atoms with Crippen LogP contribution in [0.15, 0.2) is 48.5 Å². The molecule has 1 aromatic heterocycles. The molecule has 1 amide bonds. The molecule has 1 aliphatic heterocycles. The number of halogens is 3. The zero-order valence-electron chi connectivity index (χ0n) is 13.4. The van der Waals surface area contributed by atoms with Crippen LogP contribution >= 0.6 is 22.9 Å². The summed E-state index contributed by atoms with van der Waals surface area (Å²) in [6.07, 6.45) is 0. The summed E-state index contributed by atoms with van der Waals surface area (Å²) in [5.41, 5.74) is -3.36. The fourth-order valence-electron chi connectivity index (χ4n) is 3.05. The van der Waals surface area contributed by atoms with Gasteiger partial charge in [-0.1, -0.05) is 41.9 Å². The number of benzene rings is 2. The first-order valence-electron chi connectivity index (χ1n) is 7.76. The van der Waals surface area contributed by atoms with E-state index in [0.717, 1.165) is 29.5 Å². The van der Waals surface area contributed by atoms with Gasteiger partial charge in [0.15, 0.2) is 0 Å². The van der Waals surface area contributed by atoms with Crippen LogP contribution in [0.5, 0.6) is 5.75 Å². The van der Waals surface area contributed by atoms with E-state index < -0.39 is 23.2 Å². The number of carbonyl (C=O) groups is 2. The Hall–Kier alpha value is -2.77. The summed E-state index contributed by atoms with van der Waals surface area (Å²) in [7, 11) is 0. The van der Waals surface area contributed by atoms with Crippen molar-refractivity contribution in [3.63, 3.8) is 0 Å². The molecule has 3 aromatic rings. The van der Waals surface area contributed by atoms with Gasteiger partial charge >= 0.3 is 0 Å². The largest absolute Gasteiger partial charge is 0.507 e. The number of phenolic OH excluding ortho intramolecular Hbond substituents is 1. The molecular weight excluding hydrogens is 396 g/mol. The first-order valence-corrected chi connectivity index (χ1v) is 8.95. The first-order chi connectivity index (χ1) is 12.8. The van der Waals surface area contributed by atoms with Gasteiger partial charge in [-0.05, 0) is 18.2 Å². The van der Waals surface area contributed by atoms with Crippen LogP contribution in [0.4, 0.5) is 13.8 Å². The number of phenols is 1. The van der Waals surface area contributed by atoms with Crippen LogP contribution in [0.2, 0.25) is 4.34 Å². The van der Waals surface area contributed by atoms with Crippen molar-refractivity contribution in [1.82, 2.24) is 0 Å². The number of nitrogens with one attached hydrogen (secondary N) is 1. The zero-order valence-corrected chi connectivity index (χ0v) is 15.0. The molecule has 8 heteroatoms. The number of alkyl halides is 1. The van der Waals surface area contributed by atoms with E-state index in [0.29, 0.717) is 0 Å². The van der Waals surface area contributed by atoms with Crippen molar-refractivity contribution < 1.29 is 23.5 Å². The summed E-state index contributed by atoms with van der Waals surface area (Å²) in [4.78, 5) is 25.5. The lowest BCUT2D eigenvalue weighted by Gasteiger charge is -2.28. The Labute approximate surface area is 161 Å². The van der Waals surface area contributed by atoms with Crippen LogP contribution in [-0.2, 0) is 10.5 Å². The van der Waals surface area contributed by atoms with Gasteiger partial charge in [0.1, 0.15) is 20.9 Å². The second kappa shape index (κ2) is 6.14. The van der Waals surface area contributed by atoms with Gasteiger partial charge in [-0.25, -0.2) is 8.78 Å². The third-order valence-corrected chi connectivity index (χ3v) is 5.66. The number of fused-ring (bicyclic) bond motifs is 1. The molecule has 136 valence electrons. The van der Waals surface area contributed by atoms with Gasteiger partial charge < -0.3 is 10.4 Å². The van der Waals surface area contributed by atoms with Crippen molar-refractivity contribution in [2.45, 2.75) is 5.67 Å². The van der Waals surface area contributed by atoms with E-state index in [1.54, 1.807) is 6.07 Å². The van der Waals surface area contributed by atoms with Gasteiger partial charge in [0.25, 0.3) is 11.6 Å². The summed E-state index contributed by atoms with van der Waals surface area (Å²) in [5, 5.41) is 12.5. The standard InChI is InChI=1S/C19H10ClF2NO3S/c20-16-13(11-8-10(21)6-7-12(11)24)14-15(25)19(22,9-4-2-1-3-5-9)18(26)23-17(14)27-16/h1-8,24H,(H,23,26). The van der Waals surface area contributed by atoms with Gasteiger partial charge in [0, 0.05) is 16.7 Å². The quantitative estimate of drug-likeness (QED) is 0.595. The Kier molecular flexibility index (Phi) is 4.01. The molecule has 4 rings (SSSR count). The van der Waals surface area contributed by atoms with Crippen LogP contribution in [0.25, 0.3) is 11.1 Å². The molecular formula is C19H10ClF2NO3S. The van der Waals surface area contributed by atoms with Crippen molar-refractivity contribution in [3.05, 3.63) is 69.8 Å². The molecule has 2 heterocycles. The summed E-state index contributed by atoms with van der Waals surface area (Å²) < 4.78 is 29.4. The van der Waals surface area contributed by atoms with E-state index in [4.69, 9.17) is 11.6 Å². The number of anilines is 1. The lowest BCUT2D eigenvalue weighted by Crippen LogP contribution is -2.47. The van der Waals surface area contributed by atoms with Crippen molar-refractivity contribution in [1.29, 1.82) is 0 Å². The number of hydrogen-bond acceptors (Lipinski definition) is 4. The Morgan fingerprint density at radius 1 is 1.07 bits per heavy atom. The van der Waals surface area contributed by atoms with Gasteiger partial charge in [0.05, 0.1) is 5.56 Å². The SMILES string of the molecule is O=C1Nc2sc(Cl)c(-c3cc(F)ccc3O)c2C(=O)C1(F)c1ccccc1. The molecule has 0 saturated carbocycles. The molecule has 2 N–H and O–H groups in total. The fraction of sp³-hybridized carbons (Fsp3) is 0.0526. The lowest BCUT2D eigenvalue weighted by molar-refractivity contribution is -0.125. The molecule has 1 aliphatic rings. The minimum Gasteiger partial charge on any atom is -0.507 e. The van der Waals surface area contributed by atoms with E-state index in [-0.39, 0.29) is 37.3 Å². The second-order valence-corrected chi connectivity index (χ2v) is 7.55. The number of hydrogen-bond donors (Lipinski definition) is 2. The van der Waals surface area contributed by atoms with Gasteiger partial charge in [-0.3, -0.25) is 9.59 Å². The molecule has 2 aromatic carbocycles. The van der Waals surface area contributed by atoms with E-state index in [2.05, 4.69) is 5.32 Å². The Balaban J connectivity index is 1.97.